The monoisotopic (exact) mass is 566 g/mol. The minimum absolute atomic E-state index is 0.0442. The van der Waals surface area contributed by atoms with Crippen LogP contribution in [0.3, 0.4) is 0 Å². The van der Waals surface area contributed by atoms with Crippen LogP contribution in [-0.2, 0) is 37.4 Å². The number of sulfonamides is 1. The highest BCUT2D eigenvalue weighted by Crippen LogP contribution is 2.17. The highest BCUT2D eigenvalue weighted by molar-refractivity contribution is 7.89. The van der Waals surface area contributed by atoms with Crippen molar-refractivity contribution >= 4 is 44.4 Å². The van der Waals surface area contributed by atoms with Gasteiger partial charge in [0, 0.05) is 18.5 Å². The van der Waals surface area contributed by atoms with Crippen LogP contribution in [0, 0.1) is 5.41 Å². The topological polar surface area (TPSA) is 197 Å². The van der Waals surface area contributed by atoms with Gasteiger partial charge in [-0.2, -0.15) is 0 Å². The smallest absolute Gasteiger partial charge is 0.242 e. The van der Waals surface area contributed by atoms with Gasteiger partial charge in [-0.05, 0) is 41.7 Å². The lowest BCUT2D eigenvalue weighted by Crippen LogP contribution is -2.54. The van der Waals surface area contributed by atoms with Gasteiger partial charge in [-0.25, -0.2) is 13.1 Å². The van der Waals surface area contributed by atoms with Crippen molar-refractivity contribution in [3.05, 3.63) is 83.4 Å². The first-order chi connectivity index (χ1) is 19.0. The van der Waals surface area contributed by atoms with Gasteiger partial charge in [0.1, 0.15) is 17.9 Å². The first-order valence-corrected chi connectivity index (χ1v) is 14.4. The lowest BCUT2D eigenvalue weighted by atomic mass is 10.0. The average molecular weight is 567 g/mol. The largest absolute Gasteiger partial charge is 0.384 e. The summed E-state index contributed by atoms with van der Waals surface area (Å²) in [5, 5.41) is 14.7. The molecule has 3 aromatic rings. The Kier molecular flexibility index (Phi) is 10.3. The van der Waals surface area contributed by atoms with E-state index in [4.69, 9.17) is 16.9 Å². The molecule has 2 atom stereocenters. The van der Waals surface area contributed by atoms with Crippen LogP contribution >= 0.6 is 0 Å². The predicted octanol–water partition coefficient (Wildman–Crippen LogP) is 1.04. The number of nitrogen functional groups attached to an aromatic ring is 1. The van der Waals surface area contributed by atoms with Crippen LogP contribution in [0.4, 0.5) is 0 Å². The van der Waals surface area contributed by atoms with Crippen LogP contribution in [0.5, 0.6) is 0 Å². The van der Waals surface area contributed by atoms with Crippen molar-refractivity contribution in [2.24, 2.45) is 11.5 Å². The molecule has 40 heavy (non-hydrogen) atoms. The van der Waals surface area contributed by atoms with E-state index in [0.717, 1.165) is 21.9 Å². The van der Waals surface area contributed by atoms with Crippen molar-refractivity contribution in [3.8, 4) is 0 Å². The van der Waals surface area contributed by atoms with Crippen LogP contribution in [0.15, 0.2) is 66.7 Å². The Morgan fingerprint density at radius 3 is 2.15 bits per heavy atom. The summed E-state index contributed by atoms with van der Waals surface area (Å²) in [5.41, 5.74) is 12.7. The summed E-state index contributed by atoms with van der Waals surface area (Å²) in [4.78, 5) is 37.9. The molecule has 0 aromatic heterocycles. The molecule has 3 rings (SSSR count). The standard InChI is InChI=1S/C28H34N6O5S/c1-2-40(38,39)34-24(16-19-9-10-20-5-3-4-6-22(20)15-19)28(37)33-23(13-14-25(29)35)27(36)32-17-18-7-11-21(12-8-18)26(30)31/h3-12,15,23-24,34H,2,13-14,16-17H2,1H3,(H2,29,35)(H3,30,31)(H,32,36)(H,33,37)/t23-,24+/m0/s1. The number of rotatable bonds is 14. The van der Waals surface area contributed by atoms with Crippen molar-refractivity contribution in [1.82, 2.24) is 15.4 Å². The highest BCUT2D eigenvalue weighted by atomic mass is 32.2. The average Bonchev–Trinajstić information content (AvgIpc) is 2.93. The number of carbonyl (C=O) groups is 3. The molecule has 8 N–H and O–H groups in total. The second-order valence-electron chi connectivity index (χ2n) is 9.35. The van der Waals surface area contributed by atoms with E-state index in [1.807, 2.05) is 42.5 Å². The molecule has 0 saturated carbocycles. The number of carbonyl (C=O) groups excluding carboxylic acids is 3. The molecular weight excluding hydrogens is 532 g/mol. The molecular formula is C28H34N6O5S. The van der Waals surface area contributed by atoms with Gasteiger partial charge in [0.15, 0.2) is 0 Å². The Morgan fingerprint density at radius 2 is 1.52 bits per heavy atom. The van der Waals surface area contributed by atoms with E-state index in [2.05, 4.69) is 15.4 Å². The van der Waals surface area contributed by atoms with Gasteiger partial charge >= 0.3 is 0 Å². The fraction of sp³-hybridized carbons (Fsp3) is 0.286. The quantitative estimate of drug-likeness (QED) is 0.124. The Balaban J connectivity index is 1.77. The summed E-state index contributed by atoms with van der Waals surface area (Å²) in [7, 11) is -3.77. The van der Waals surface area contributed by atoms with Gasteiger partial charge in [-0.15, -0.1) is 0 Å². The van der Waals surface area contributed by atoms with E-state index in [1.165, 1.54) is 6.92 Å². The highest BCUT2D eigenvalue weighted by Gasteiger charge is 2.28. The fourth-order valence-corrected chi connectivity index (χ4v) is 4.82. The molecule has 0 heterocycles. The van der Waals surface area contributed by atoms with Crippen LogP contribution in [-0.4, -0.2) is 49.8 Å². The summed E-state index contributed by atoms with van der Waals surface area (Å²) >= 11 is 0. The molecule has 0 aliphatic heterocycles. The molecule has 0 saturated heterocycles. The summed E-state index contributed by atoms with van der Waals surface area (Å²) in [5.74, 6) is -2.23. The minimum atomic E-state index is -3.77. The summed E-state index contributed by atoms with van der Waals surface area (Å²) in [6, 6.07) is 17.6. The Labute approximate surface area is 233 Å². The van der Waals surface area contributed by atoms with Crippen molar-refractivity contribution in [3.63, 3.8) is 0 Å². The van der Waals surface area contributed by atoms with E-state index in [0.29, 0.717) is 5.56 Å². The van der Waals surface area contributed by atoms with Crippen molar-refractivity contribution in [2.45, 2.75) is 44.8 Å². The van der Waals surface area contributed by atoms with Gasteiger partial charge < -0.3 is 22.1 Å². The van der Waals surface area contributed by atoms with Gasteiger partial charge in [0.05, 0.1) is 5.75 Å². The van der Waals surface area contributed by atoms with Crippen molar-refractivity contribution in [2.75, 3.05) is 5.75 Å². The number of benzene rings is 3. The molecule has 3 amide bonds. The zero-order chi connectivity index (χ0) is 29.3. The summed E-state index contributed by atoms with van der Waals surface area (Å²) < 4.78 is 27.3. The van der Waals surface area contributed by atoms with Crippen LogP contribution in [0.2, 0.25) is 0 Å². The number of nitrogens with one attached hydrogen (secondary N) is 4. The zero-order valence-electron chi connectivity index (χ0n) is 22.1. The number of amidine groups is 1. The third kappa shape index (κ3) is 8.89. The van der Waals surface area contributed by atoms with E-state index in [1.54, 1.807) is 24.3 Å². The molecule has 0 bridgehead atoms. The zero-order valence-corrected chi connectivity index (χ0v) is 23.0. The molecule has 0 aliphatic rings. The minimum Gasteiger partial charge on any atom is -0.384 e. The Bertz CT molecular complexity index is 1490. The molecule has 0 fully saturated rings. The Morgan fingerprint density at radius 1 is 0.875 bits per heavy atom. The van der Waals surface area contributed by atoms with E-state index in [9.17, 15) is 22.8 Å². The maximum Gasteiger partial charge on any atom is 0.242 e. The number of primary amides is 1. The van der Waals surface area contributed by atoms with Crippen LogP contribution in [0.1, 0.15) is 36.5 Å². The molecule has 212 valence electrons. The van der Waals surface area contributed by atoms with E-state index in [-0.39, 0.29) is 37.4 Å². The molecule has 0 radical (unpaired) electrons. The maximum atomic E-state index is 13.4. The SMILES string of the molecule is CCS(=O)(=O)N[C@H](Cc1ccc2ccccc2c1)C(=O)N[C@@H](CCC(N)=O)C(=O)NCc1ccc(C(=N)N)cc1. The first-order valence-electron chi connectivity index (χ1n) is 12.7. The number of fused-ring (bicyclic) bond motifs is 1. The van der Waals surface area contributed by atoms with Gasteiger partial charge in [0.25, 0.3) is 0 Å². The fourth-order valence-electron chi connectivity index (χ4n) is 4.03. The number of hydrogen-bond donors (Lipinski definition) is 6. The van der Waals surface area contributed by atoms with Gasteiger partial charge in [0.2, 0.25) is 27.7 Å². The van der Waals surface area contributed by atoms with Crippen molar-refractivity contribution < 1.29 is 22.8 Å². The van der Waals surface area contributed by atoms with Gasteiger partial charge in [-0.3, -0.25) is 19.8 Å². The van der Waals surface area contributed by atoms with Crippen molar-refractivity contribution in [1.29, 1.82) is 5.41 Å². The second kappa shape index (κ2) is 13.7. The molecule has 0 unspecified atom stereocenters. The second-order valence-corrected chi connectivity index (χ2v) is 11.4. The molecule has 0 aliphatic carbocycles. The molecule has 12 heteroatoms. The molecule has 11 nitrogen and oxygen atoms in total. The summed E-state index contributed by atoms with van der Waals surface area (Å²) in [6.07, 6.45) is -0.191. The number of hydrogen-bond acceptors (Lipinski definition) is 6. The summed E-state index contributed by atoms with van der Waals surface area (Å²) in [6.45, 7) is 1.57. The lowest BCUT2D eigenvalue weighted by Gasteiger charge is -2.23. The number of nitrogens with two attached hydrogens (primary N) is 2. The Hall–Kier alpha value is -4.29. The molecule has 3 aromatic carbocycles. The third-order valence-electron chi connectivity index (χ3n) is 6.32. The van der Waals surface area contributed by atoms with E-state index >= 15 is 0 Å². The maximum absolute atomic E-state index is 13.4. The van der Waals surface area contributed by atoms with Gasteiger partial charge in [-0.1, -0.05) is 66.7 Å². The van der Waals surface area contributed by atoms with Crippen LogP contribution < -0.4 is 26.8 Å². The molecule has 0 spiro atoms. The lowest BCUT2D eigenvalue weighted by molar-refractivity contribution is -0.130. The normalized spacial score (nSPS) is 12.8. The predicted molar refractivity (Wildman–Crippen MR) is 154 cm³/mol. The van der Waals surface area contributed by atoms with E-state index < -0.39 is 39.8 Å². The number of amides is 3. The first kappa shape index (κ1) is 30.3. The van der Waals surface area contributed by atoms with Crippen LogP contribution in [0.25, 0.3) is 10.8 Å². The third-order valence-corrected chi connectivity index (χ3v) is 7.72.